The Morgan fingerprint density at radius 3 is 3.00 bits per heavy atom. The lowest BCUT2D eigenvalue weighted by atomic mass is 10.1. The van der Waals surface area contributed by atoms with Crippen molar-refractivity contribution in [2.24, 2.45) is 0 Å². The Morgan fingerprint density at radius 1 is 1.46 bits per heavy atom. The summed E-state index contributed by atoms with van der Waals surface area (Å²) in [5.74, 6) is 2.78. The Kier molecular flexibility index (Phi) is 3.72. The first kappa shape index (κ1) is 9.47. The number of nitrogens with two attached hydrogens (primary N) is 1. The molecular formula is C11H14N2. The van der Waals surface area contributed by atoms with Gasteiger partial charge in [0.1, 0.15) is 0 Å². The van der Waals surface area contributed by atoms with Gasteiger partial charge in [0.05, 0.1) is 0 Å². The predicted octanol–water partition coefficient (Wildman–Crippen LogP) is 1.38. The maximum absolute atomic E-state index is 5.64. The van der Waals surface area contributed by atoms with Crippen LogP contribution in [-0.4, -0.2) is 6.54 Å². The molecule has 3 N–H and O–H groups in total. The van der Waals surface area contributed by atoms with Crippen LogP contribution >= 0.6 is 0 Å². The third-order valence-electron chi connectivity index (χ3n) is 1.70. The van der Waals surface area contributed by atoms with Gasteiger partial charge in [-0.3, -0.25) is 0 Å². The molecule has 2 nitrogen and oxygen atoms in total. The van der Waals surface area contributed by atoms with Crippen LogP contribution < -0.4 is 11.1 Å². The fourth-order valence-electron chi connectivity index (χ4n) is 1.11. The summed E-state index contributed by atoms with van der Waals surface area (Å²) in [6, 6.07) is 10.7. The van der Waals surface area contributed by atoms with Crippen LogP contribution in [0.2, 0.25) is 0 Å². The van der Waals surface area contributed by atoms with Crippen molar-refractivity contribution in [2.75, 3.05) is 12.3 Å². The van der Waals surface area contributed by atoms with Crippen LogP contribution in [0.4, 0.5) is 5.69 Å². The van der Waals surface area contributed by atoms with E-state index in [9.17, 15) is 0 Å². The highest BCUT2D eigenvalue weighted by atomic mass is 14.8. The van der Waals surface area contributed by atoms with E-state index in [2.05, 4.69) is 23.3 Å². The van der Waals surface area contributed by atoms with E-state index in [0.717, 1.165) is 18.7 Å². The summed E-state index contributed by atoms with van der Waals surface area (Å²) < 4.78 is 0. The van der Waals surface area contributed by atoms with Crippen molar-refractivity contribution < 1.29 is 0 Å². The van der Waals surface area contributed by atoms with Crippen LogP contribution in [0, 0.1) is 12.0 Å². The Morgan fingerprint density at radius 2 is 2.31 bits per heavy atom. The lowest BCUT2D eigenvalue weighted by Gasteiger charge is -2.01. The summed E-state index contributed by atoms with van der Waals surface area (Å²) in [6.45, 7) is 2.68. The van der Waals surface area contributed by atoms with Gasteiger partial charge in [-0.25, -0.2) is 0 Å². The van der Waals surface area contributed by atoms with E-state index in [1.165, 1.54) is 5.56 Å². The number of benzene rings is 1. The largest absolute Gasteiger partial charge is 0.399 e. The molecule has 0 aromatic heterocycles. The second-order valence-corrected chi connectivity index (χ2v) is 2.80. The summed E-state index contributed by atoms with van der Waals surface area (Å²) in [5.41, 5.74) is 7.70. The molecule has 68 valence electrons. The van der Waals surface area contributed by atoms with Crippen molar-refractivity contribution in [2.45, 2.75) is 13.3 Å². The molecular weight excluding hydrogens is 160 g/mol. The van der Waals surface area contributed by atoms with Crippen molar-refractivity contribution >= 4 is 5.69 Å². The number of hydrogen-bond donors (Lipinski definition) is 2. The summed E-state index contributed by atoms with van der Waals surface area (Å²) in [4.78, 5) is 0. The molecule has 0 fully saturated rings. The van der Waals surface area contributed by atoms with E-state index in [1.807, 2.05) is 25.1 Å². The van der Waals surface area contributed by atoms with Crippen molar-refractivity contribution in [3.05, 3.63) is 29.8 Å². The van der Waals surface area contributed by atoms with Crippen molar-refractivity contribution in [3.63, 3.8) is 0 Å². The molecule has 0 saturated heterocycles. The normalized spacial score (nSPS) is 8.69. The van der Waals surface area contributed by atoms with Gasteiger partial charge in [0, 0.05) is 18.3 Å². The van der Waals surface area contributed by atoms with Gasteiger partial charge in [-0.15, -0.1) is 0 Å². The molecule has 0 aliphatic rings. The SMILES string of the molecule is CC#CNCCc1cccc(N)c1. The van der Waals surface area contributed by atoms with Crippen LogP contribution in [0.15, 0.2) is 24.3 Å². The molecule has 1 rings (SSSR count). The van der Waals surface area contributed by atoms with Gasteiger partial charge in [0.15, 0.2) is 0 Å². The van der Waals surface area contributed by atoms with E-state index in [1.54, 1.807) is 0 Å². The number of anilines is 1. The number of rotatable bonds is 3. The second kappa shape index (κ2) is 5.10. The Balaban J connectivity index is 2.39. The topological polar surface area (TPSA) is 38.0 Å². The number of nitrogen functional groups attached to an aromatic ring is 1. The van der Waals surface area contributed by atoms with Crippen LogP contribution in [0.3, 0.4) is 0 Å². The van der Waals surface area contributed by atoms with Crippen molar-refractivity contribution in [3.8, 4) is 12.0 Å². The molecule has 0 saturated carbocycles. The summed E-state index contributed by atoms with van der Waals surface area (Å²) >= 11 is 0. The molecule has 0 unspecified atom stereocenters. The Bertz CT molecular complexity index is 320. The molecule has 0 heterocycles. The summed E-state index contributed by atoms with van der Waals surface area (Å²) in [6.07, 6.45) is 0.958. The third-order valence-corrected chi connectivity index (χ3v) is 1.70. The van der Waals surface area contributed by atoms with Crippen LogP contribution in [0.5, 0.6) is 0 Å². The zero-order valence-electron chi connectivity index (χ0n) is 7.80. The van der Waals surface area contributed by atoms with Gasteiger partial charge in [0.2, 0.25) is 0 Å². The second-order valence-electron chi connectivity index (χ2n) is 2.80. The van der Waals surface area contributed by atoms with Gasteiger partial charge in [-0.05, 0) is 31.0 Å². The van der Waals surface area contributed by atoms with Gasteiger partial charge >= 0.3 is 0 Å². The average Bonchev–Trinajstić information content (AvgIpc) is 2.13. The minimum absolute atomic E-state index is 0.819. The first-order valence-corrected chi connectivity index (χ1v) is 4.32. The van der Waals surface area contributed by atoms with E-state index < -0.39 is 0 Å². The van der Waals surface area contributed by atoms with Crippen LogP contribution in [0.25, 0.3) is 0 Å². The zero-order valence-corrected chi connectivity index (χ0v) is 7.80. The Labute approximate surface area is 79.1 Å². The molecule has 2 heteroatoms. The minimum Gasteiger partial charge on any atom is -0.399 e. The highest BCUT2D eigenvalue weighted by molar-refractivity contribution is 5.40. The van der Waals surface area contributed by atoms with E-state index in [4.69, 9.17) is 5.73 Å². The highest BCUT2D eigenvalue weighted by Crippen LogP contribution is 2.06. The molecule has 0 amide bonds. The quantitative estimate of drug-likeness (QED) is 0.314. The number of hydrogen-bond acceptors (Lipinski definition) is 2. The lowest BCUT2D eigenvalue weighted by molar-refractivity contribution is 0.854. The lowest BCUT2D eigenvalue weighted by Crippen LogP contribution is -2.10. The molecule has 1 aromatic rings. The first-order valence-electron chi connectivity index (χ1n) is 4.32. The van der Waals surface area contributed by atoms with Crippen LogP contribution in [-0.2, 0) is 6.42 Å². The first-order chi connectivity index (χ1) is 6.33. The Hall–Kier alpha value is -1.62. The van der Waals surface area contributed by atoms with Gasteiger partial charge in [0.25, 0.3) is 0 Å². The predicted molar refractivity (Wildman–Crippen MR) is 56.0 cm³/mol. The zero-order chi connectivity index (χ0) is 9.52. The molecule has 0 atom stereocenters. The molecule has 0 aliphatic carbocycles. The maximum Gasteiger partial charge on any atom is 0.0316 e. The fourth-order valence-corrected chi connectivity index (χ4v) is 1.11. The number of nitrogens with one attached hydrogen (secondary N) is 1. The van der Waals surface area contributed by atoms with Crippen molar-refractivity contribution in [1.29, 1.82) is 0 Å². The molecule has 0 aliphatic heterocycles. The highest BCUT2D eigenvalue weighted by Gasteiger charge is 1.91. The van der Waals surface area contributed by atoms with Gasteiger partial charge in [-0.2, -0.15) is 0 Å². The molecule has 0 bridgehead atoms. The minimum atomic E-state index is 0.819. The molecule has 0 radical (unpaired) electrons. The average molecular weight is 174 g/mol. The molecule has 13 heavy (non-hydrogen) atoms. The van der Waals surface area contributed by atoms with E-state index in [-0.39, 0.29) is 0 Å². The van der Waals surface area contributed by atoms with Crippen molar-refractivity contribution in [1.82, 2.24) is 5.32 Å². The molecule has 0 spiro atoms. The fraction of sp³-hybridized carbons (Fsp3) is 0.273. The van der Waals surface area contributed by atoms with Gasteiger partial charge < -0.3 is 11.1 Å². The van der Waals surface area contributed by atoms with E-state index in [0.29, 0.717) is 0 Å². The van der Waals surface area contributed by atoms with Crippen LogP contribution in [0.1, 0.15) is 12.5 Å². The summed E-state index contributed by atoms with van der Waals surface area (Å²) in [5, 5.41) is 3.00. The van der Waals surface area contributed by atoms with E-state index >= 15 is 0 Å². The van der Waals surface area contributed by atoms with Gasteiger partial charge in [-0.1, -0.05) is 18.1 Å². The monoisotopic (exact) mass is 174 g/mol. The smallest absolute Gasteiger partial charge is 0.0316 e. The molecule has 1 aromatic carbocycles. The maximum atomic E-state index is 5.64. The third kappa shape index (κ3) is 3.53. The summed E-state index contributed by atoms with van der Waals surface area (Å²) in [7, 11) is 0. The standard InChI is InChI=1S/C11H14N2/c1-2-7-13-8-6-10-4-3-5-11(12)9-10/h3-5,9,13H,6,8,12H2,1H3.